The molecule has 6 heteroatoms. The van der Waals surface area contributed by atoms with E-state index >= 15 is 0 Å². The molecule has 0 radical (unpaired) electrons. The summed E-state index contributed by atoms with van der Waals surface area (Å²) in [5.74, 6) is 3.40. The summed E-state index contributed by atoms with van der Waals surface area (Å²) in [4.78, 5) is 0. The Balaban J connectivity index is 1.59. The molecule has 4 aliphatic rings. The zero-order valence-electron chi connectivity index (χ0n) is 26.1. The van der Waals surface area contributed by atoms with Gasteiger partial charge in [0.25, 0.3) is 0 Å². The van der Waals surface area contributed by atoms with E-state index < -0.39 is 25.0 Å². The minimum Gasteiger partial charge on any atom is -0.415 e. The largest absolute Gasteiger partial charge is 0.415 e. The van der Waals surface area contributed by atoms with Crippen LogP contribution >= 0.6 is 0 Å². The van der Waals surface area contributed by atoms with Gasteiger partial charge in [0.15, 0.2) is 25.0 Å². The van der Waals surface area contributed by atoms with Crippen molar-refractivity contribution in [3.05, 3.63) is 0 Å². The van der Waals surface area contributed by atoms with Gasteiger partial charge in [0, 0.05) is 11.5 Å². The summed E-state index contributed by atoms with van der Waals surface area (Å²) in [6.07, 6.45) is 12.8. The third-order valence-electron chi connectivity index (χ3n) is 11.0. The van der Waals surface area contributed by atoms with E-state index in [0.717, 1.165) is 23.7 Å². The average molecular weight is 553 g/mol. The van der Waals surface area contributed by atoms with Gasteiger partial charge in [0.2, 0.25) is 0 Å². The van der Waals surface area contributed by atoms with Crippen LogP contribution in [0.15, 0.2) is 0 Å². The van der Waals surface area contributed by atoms with E-state index in [2.05, 4.69) is 79.7 Å². The first kappa shape index (κ1) is 29.5. The Morgan fingerprint density at radius 2 is 1.33 bits per heavy atom. The van der Waals surface area contributed by atoms with Gasteiger partial charge in [-0.3, -0.25) is 0 Å². The summed E-state index contributed by atoms with van der Waals surface area (Å²) in [7, 11) is -4.88. The number of hydrogen-bond donors (Lipinski definition) is 0. The van der Waals surface area contributed by atoms with Crippen molar-refractivity contribution in [1.82, 2.24) is 0 Å². The Morgan fingerprint density at radius 3 is 1.92 bits per heavy atom. The van der Waals surface area contributed by atoms with Crippen LogP contribution in [0.25, 0.3) is 0 Å². The van der Waals surface area contributed by atoms with Crippen LogP contribution in [0.4, 0.5) is 0 Å². The SMILES string of the molecule is C[C@H](O[Si](C)(C)C)[C@@]1(O[Si](C)(C)C)CCC2C3CC[C@H]4C[C@@H](O[Si](C)(C)C)CC[C@]4(C)C3CC[C@@]21C. The molecule has 4 fully saturated rings. The Kier molecular flexibility index (Phi) is 7.85. The molecular formula is C30H60O3Si3. The molecular weight excluding hydrogens is 493 g/mol. The molecule has 36 heavy (non-hydrogen) atoms. The van der Waals surface area contributed by atoms with Crippen molar-refractivity contribution in [2.75, 3.05) is 0 Å². The standard InChI is InChI=1S/C30H60O3Si3/c1-22(31-34(4,5)6)30(33-36(10,11)12)20-17-27-25-14-13-23-21-24(32-35(7,8)9)15-18-28(23,2)26(25)16-19-29(27,30)3/h22-27H,13-21H2,1-12H3/t22-,23-,24-,25?,26?,27?,28-,29-,30-/m0/s1. The highest BCUT2D eigenvalue weighted by molar-refractivity contribution is 6.70. The van der Waals surface area contributed by atoms with Crippen molar-refractivity contribution in [3.8, 4) is 0 Å². The molecule has 0 aromatic carbocycles. The highest BCUT2D eigenvalue weighted by atomic mass is 28.4. The van der Waals surface area contributed by atoms with E-state index in [-0.39, 0.29) is 17.1 Å². The third-order valence-corrected chi connectivity index (χ3v) is 14.1. The summed E-state index contributed by atoms with van der Waals surface area (Å²) in [6.45, 7) is 29.0. The quantitative estimate of drug-likeness (QED) is 0.295. The fourth-order valence-corrected chi connectivity index (χ4v) is 14.0. The maximum atomic E-state index is 7.36. The van der Waals surface area contributed by atoms with Crippen molar-refractivity contribution in [1.29, 1.82) is 0 Å². The fourth-order valence-electron chi connectivity index (χ4n) is 9.95. The lowest BCUT2D eigenvalue weighted by Crippen LogP contribution is -2.63. The smallest absolute Gasteiger partial charge is 0.184 e. The molecule has 0 spiro atoms. The van der Waals surface area contributed by atoms with Crippen LogP contribution in [0.1, 0.15) is 78.6 Å². The molecule has 4 saturated carbocycles. The minimum atomic E-state index is -1.75. The summed E-state index contributed by atoms with van der Waals surface area (Å²) < 4.78 is 20.9. The predicted octanol–water partition coefficient (Wildman–Crippen LogP) is 9.08. The zero-order valence-corrected chi connectivity index (χ0v) is 29.1. The molecule has 210 valence electrons. The third kappa shape index (κ3) is 5.43. The second-order valence-corrected chi connectivity index (χ2v) is 30.1. The molecule has 0 aliphatic heterocycles. The van der Waals surface area contributed by atoms with Gasteiger partial charge in [0.05, 0.1) is 11.7 Å². The molecule has 4 rings (SSSR count). The molecule has 0 N–H and O–H groups in total. The summed E-state index contributed by atoms with van der Waals surface area (Å²) in [6, 6.07) is 0. The van der Waals surface area contributed by atoms with Gasteiger partial charge in [-0.05, 0) is 153 Å². The normalized spacial score (nSPS) is 44.5. The van der Waals surface area contributed by atoms with E-state index in [0.29, 0.717) is 11.5 Å². The zero-order chi connectivity index (χ0) is 26.9. The first-order chi connectivity index (χ1) is 16.3. The molecule has 0 aromatic rings. The molecule has 0 heterocycles. The van der Waals surface area contributed by atoms with Gasteiger partial charge >= 0.3 is 0 Å². The van der Waals surface area contributed by atoms with Crippen molar-refractivity contribution in [2.24, 2.45) is 34.5 Å². The highest BCUT2D eigenvalue weighted by Gasteiger charge is 2.67. The van der Waals surface area contributed by atoms with Gasteiger partial charge in [-0.1, -0.05) is 13.8 Å². The molecule has 0 bridgehead atoms. The molecule has 9 atom stereocenters. The van der Waals surface area contributed by atoms with E-state index in [9.17, 15) is 0 Å². The van der Waals surface area contributed by atoms with Crippen molar-refractivity contribution < 1.29 is 13.3 Å². The molecule has 0 aromatic heterocycles. The molecule has 4 aliphatic carbocycles. The summed E-state index contributed by atoms with van der Waals surface area (Å²) in [5.41, 5.74) is 0.623. The van der Waals surface area contributed by atoms with Crippen LogP contribution in [0, 0.1) is 34.5 Å². The number of rotatable bonds is 7. The molecule has 3 unspecified atom stereocenters. The van der Waals surface area contributed by atoms with Gasteiger partial charge < -0.3 is 13.3 Å². The predicted molar refractivity (Wildman–Crippen MR) is 161 cm³/mol. The van der Waals surface area contributed by atoms with Crippen LogP contribution in [0.5, 0.6) is 0 Å². The maximum absolute atomic E-state index is 7.36. The molecule has 3 nitrogen and oxygen atoms in total. The van der Waals surface area contributed by atoms with Gasteiger partial charge in [-0.15, -0.1) is 0 Å². The lowest BCUT2D eigenvalue weighted by atomic mass is 9.44. The minimum absolute atomic E-state index is 0.117. The first-order valence-corrected chi connectivity index (χ1v) is 25.6. The Hall–Kier alpha value is 0.531. The average Bonchev–Trinajstić information content (AvgIpc) is 2.98. The number of hydrogen-bond acceptors (Lipinski definition) is 3. The topological polar surface area (TPSA) is 27.7 Å². The second-order valence-electron chi connectivity index (χ2n) is 16.8. The Morgan fingerprint density at radius 1 is 0.694 bits per heavy atom. The lowest BCUT2D eigenvalue weighted by molar-refractivity contribution is -0.175. The highest BCUT2D eigenvalue weighted by Crippen LogP contribution is 2.70. The van der Waals surface area contributed by atoms with E-state index in [1.165, 1.54) is 57.8 Å². The van der Waals surface area contributed by atoms with Crippen LogP contribution in [-0.4, -0.2) is 42.8 Å². The van der Waals surface area contributed by atoms with E-state index in [1.54, 1.807) is 0 Å². The van der Waals surface area contributed by atoms with Gasteiger partial charge in [-0.2, -0.15) is 0 Å². The van der Waals surface area contributed by atoms with Crippen molar-refractivity contribution >= 4 is 25.0 Å². The van der Waals surface area contributed by atoms with Crippen LogP contribution in [0.3, 0.4) is 0 Å². The maximum Gasteiger partial charge on any atom is 0.184 e. The molecule has 0 amide bonds. The summed E-state index contributed by atoms with van der Waals surface area (Å²) >= 11 is 0. The van der Waals surface area contributed by atoms with Crippen molar-refractivity contribution in [2.45, 2.75) is 155 Å². The lowest BCUT2D eigenvalue weighted by Gasteiger charge is -2.63. The Bertz CT molecular complexity index is 799. The van der Waals surface area contributed by atoms with Gasteiger partial charge in [0.1, 0.15) is 0 Å². The van der Waals surface area contributed by atoms with Crippen LogP contribution in [0.2, 0.25) is 58.9 Å². The van der Waals surface area contributed by atoms with Crippen LogP contribution in [-0.2, 0) is 13.3 Å². The monoisotopic (exact) mass is 552 g/mol. The Labute approximate surface area is 227 Å². The van der Waals surface area contributed by atoms with Crippen LogP contribution < -0.4 is 0 Å². The second kappa shape index (κ2) is 9.57. The first-order valence-electron chi connectivity index (χ1n) is 15.4. The van der Waals surface area contributed by atoms with Gasteiger partial charge in [-0.25, -0.2) is 0 Å². The van der Waals surface area contributed by atoms with Crippen molar-refractivity contribution in [3.63, 3.8) is 0 Å². The van der Waals surface area contributed by atoms with E-state index in [4.69, 9.17) is 13.3 Å². The number of fused-ring (bicyclic) bond motifs is 5. The fraction of sp³-hybridized carbons (Fsp3) is 1.00. The molecule has 0 saturated heterocycles. The van der Waals surface area contributed by atoms with E-state index in [1.807, 2.05) is 0 Å². The summed E-state index contributed by atoms with van der Waals surface area (Å²) in [5, 5.41) is 0.